The molecule has 32 heavy (non-hydrogen) atoms. The highest BCUT2D eigenvalue weighted by molar-refractivity contribution is 7.89. The van der Waals surface area contributed by atoms with Crippen molar-refractivity contribution in [2.24, 2.45) is 0 Å². The normalized spacial score (nSPS) is 17.1. The predicted molar refractivity (Wildman–Crippen MR) is 119 cm³/mol. The zero-order valence-corrected chi connectivity index (χ0v) is 19.1. The SMILES string of the molecule is Cc1cc(C)n2nc(CC(=O)N3CCCc4cc(S(=O)(=O)N5CCCC5)ccc43)nc2n1. The number of anilines is 1. The second kappa shape index (κ2) is 7.93. The summed E-state index contributed by atoms with van der Waals surface area (Å²) in [7, 11) is -3.48. The summed E-state index contributed by atoms with van der Waals surface area (Å²) < 4.78 is 29.1. The lowest BCUT2D eigenvalue weighted by molar-refractivity contribution is -0.118. The molecular weight excluding hydrogens is 428 g/mol. The third-order valence-corrected chi connectivity index (χ3v) is 8.04. The number of benzene rings is 1. The molecule has 168 valence electrons. The Balaban J connectivity index is 1.40. The molecule has 1 amide bonds. The third kappa shape index (κ3) is 3.67. The Labute approximate surface area is 187 Å². The fourth-order valence-corrected chi connectivity index (χ4v) is 6.15. The van der Waals surface area contributed by atoms with Crippen LogP contribution in [0.15, 0.2) is 29.2 Å². The Morgan fingerprint density at radius 1 is 1.03 bits per heavy atom. The van der Waals surface area contributed by atoms with Crippen LogP contribution in [0.3, 0.4) is 0 Å². The molecule has 3 aromatic rings. The zero-order valence-electron chi connectivity index (χ0n) is 18.3. The largest absolute Gasteiger partial charge is 0.312 e. The zero-order chi connectivity index (χ0) is 22.5. The highest BCUT2D eigenvalue weighted by atomic mass is 32.2. The molecule has 0 N–H and O–H groups in total. The number of fused-ring (bicyclic) bond motifs is 2. The molecule has 0 aliphatic carbocycles. The van der Waals surface area contributed by atoms with E-state index in [2.05, 4.69) is 15.1 Å². The molecule has 1 fully saturated rings. The molecule has 0 saturated carbocycles. The van der Waals surface area contributed by atoms with E-state index in [1.807, 2.05) is 19.9 Å². The summed E-state index contributed by atoms with van der Waals surface area (Å²) in [5, 5.41) is 4.45. The monoisotopic (exact) mass is 454 g/mol. The van der Waals surface area contributed by atoms with Gasteiger partial charge in [-0.1, -0.05) is 0 Å². The number of carbonyl (C=O) groups is 1. The number of hydrogen-bond acceptors (Lipinski definition) is 6. The average Bonchev–Trinajstić information content (AvgIpc) is 3.43. The maximum absolute atomic E-state index is 13.1. The van der Waals surface area contributed by atoms with E-state index in [1.165, 1.54) is 0 Å². The summed E-state index contributed by atoms with van der Waals surface area (Å²) in [5.41, 5.74) is 3.43. The van der Waals surface area contributed by atoms with Gasteiger partial charge < -0.3 is 4.90 Å². The molecule has 5 rings (SSSR count). The van der Waals surface area contributed by atoms with E-state index in [4.69, 9.17) is 0 Å². The first kappa shape index (κ1) is 21.0. The summed E-state index contributed by atoms with van der Waals surface area (Å²) in [4.78, 5) is 24.0. The van der Waals surface area contributed by atoms with E-state index in [0.717, 1.165) is 48.3 Å². The summed E-state index contributed by atoms with van der Waals surface area (Å²) in [6.07, 6.45) is 3.40. The Hall–Kier alpha value is -2.85. The predicted octanol–water partition coefficient (Wildman–Crippen LogP) is 2.05. The number of aryl methyl sites for hydroxylation is 3. The van der Waals surface area contributed by atoms with Crippen LogP contribution in [0.25, 0.3) is 5.78 Å². The van der Waals surface area contributed by atoms with Crippen LogP contribution in [0, 0.1) is 13.8 Å². The van der Waals surface area contributed by atoms with Crippen molar-refractivity contribution in [1.82, 2.24) is 23.9 Å². The molecule has 1 saturated heterocycles. The number of aromatic nitrogens is 4. The van der Waals surface area contributed by atoms with E-state index in [9.17, 15) is 13.2 Å². The summed E-state index contributed by atoms with van der Waals surface area (Å²) >= 11 is 0. The first-order valence-corrected chi connectivity index (χ1v) is 12.4. The molecule has 0 radical (unpaired) electrons. The quantitative estimate of drug-likeness (QED) is 0.598. The van der Waals surface area contributed by atoms with E-state index in [1.54, 1.807) is 31.9 Å². The average molecular weight is 455 g/mol. The lowest BCUT2D eigenvalue weighted by Crippen LogP contribution is -2.37. The van der Waals surface area contributed by atoms with E-state index in [-0.39, 0.29) is 12.3 Å². The minimum absolute atomic E-state index is 0.0646. The van der Waals surface area contributed by atoms with E-state index >= 15 is 0 Å². The smallest absolute Gasteiger partial charge is 0.252 e. The van der Waals surface area contributed by atoms with Crippen LogP contribution in [0.2, 0.25) is 0 Å². The van der Waals surface area contributed by atoms with Gasteiger partial charge in [-0.3, -0.25) is 4.79 Å². The van der Waals surface area contributed by atoms with Crippen LogP contribution in [-0.2, 0) is 27.7 Å². The lowest BCUT2D eigenvalue weighted by atomic mass is 10.0. The number of nitrogens with zero attached hydrogens (tertiary/aromatic N) is 6. The van der Waals surface area contributed by atoms with Crippen LogP contribution in [0.5, 0.6) is 0 Å². The van der Waals surface area contributed by atoms with Crippen molar-refractivity contribution in [3.8, 4) is 0 Å². The minimum Gasteiger partial charge on any atom is -0.312 e. The molecule has 9 nitrogen and oxygen atoms in total. The van der Waals surface area contributed by atoms with Gasteiger partial charge in [0, 0.05) is 36.7 Å². The van der Waals surface area contributed by atoms with Gasteiger partial charge in [0.1, 0.15) is 0 Å². The lowest BCUT2D eigenvalue weighted by Gasteiger charge is -2.30. The Bertz CT molecular complexity index is 1310. The molecular formula is C22H26N6O3S. The highest BCUT2D eigenvalue weighted by Crippen LogP contribution is 2.31. The van der Waals surface area contributed by atoms with Crippen molar-refractivity contribution in [3.63, 3.8) is 0 Å². The molecule has 2 aliphatic heterocycles. The molecule has 1 aromatic carbocycles. The van der Waals surface area contributed by atoms with Crippen LogP contribution in [0.1, 0.15) is 42.0 Å². The third-order valence-electron chi connectivity index (χ3n) is 6.14. The summed E-state index contributed by atoms with van der Waals surface area (Å²) in [5.74, 6) is 0.809. The van der Waals surface area contributed by atoms with E-state index < -0.39 is 10.0 Å². The Morgan fingerprint density at radius 3 is 2.59 bits per heavy atom. The van der Waals surface area contributed by atoms with Crippen LogP contribution < -0.4 is 4.90 Å². The molecule has 2 aliphatic rings. The molecule has 0 atom stereocenters. The van der Waals surface area contributed by atoms with Crippen molar-refractivity contribution in [3.05, 3.63) is 47.0 Å². The number of amides is 1. The van der Waals surface area contributed by atoms with Crippen LogP contribution in [0.4, 0.5) is 5.69 Å². The van der Waals surface area contributed by atoms with Crippen molar-refractivity contribution in [1.29, 1.82) is 0 Å². The second-order valence-electron chi connectivity index (χ2n) is 8.51. The first-order chi connectivity index (χ1) is 15.3. The van der Waals surface area contributed by atoms with Gasteiger partial charge in [-0.05, 0) is 69.4 Å². The van der Waals surface area contributed by atoms with Gasteiger partial charge in [0.2, 0.25) is 15.9 Å². The number of rotatable bonds is 4. The minimum atomic E-state index is -3.48. The van der Waals surface area contributed by atoms with Crippen molar-refractivity contribution in [2.45, 2.75) is 50.8 Å². The van der Waals surface area contributed by atoms with Crippen molar-refractivity contribution in [2.75, 3.05) is 24.5 Å². The van der Waals surface area contributed by atoms with Gasteiger partial charge in [0.15, 0.2) is 5.82 Å². The van der Waals surface area contributed by atoms with Gasteiger partial charge in [-0.25, -0.2) is 17.9 Å². The first-order valence-electron chi connectivity index (χ1n) is 11.0. The molecule has 0 unspecified atom stereocenters. The molecule has 0 spiro atoms. The van der Waals surface area contributed by atoms with E-state index in [0.29, 0.717) is 36.1 Å². The van der Waals surface area contributed by atoms with Gasteiger partial charge >= 0.3 is 0 Å². The van der Waals surface area contributed by atoms with Gasteiger partial charge in [-0.15, -0.1) is 5.10 Å². The summed E-state index contributed by atoms with van der Waals surface area (Å²) in [6.45, 7) is 5.56. The fourth-order valence-electron chi connectivity index (χ4n) is 4.58. The molecule has 4 heterocycles. The maximum Gasteiger partial charge on any atom is 0.252 e. The number of sulfonamides is 1. The second-order valence-corrected chi connectivity index (χ2v) is 10.4. The van der Waals surface area contributed by atoms with Gasteiger partial charge in [-0.2, -0.15) is 9.29 Å². The van der Waals surface area contributed by atoms with Crippen molar-refractivity contribution < 1.29 is 13.2 Å². The Kier molecular flexibility index (Phi) is 5.21. The summed E-state index contributed by atoms with van der Waals surface area (Å²) in [6, 6.07) is 7.04. The molecule has 10 heteroatoms. The van der Waals surface area contributed by atoms with Crippen LogP contribution >= 0.6 is 0 Å². The highest BCUT2D eigenvalue weighted by Gasteiger charge is 2.30. The maximum atomic E-state index is 13.1. The standard InChI is InChI=1S/C22H26N6O3S/c1-15-12-16(2)28-22(23-15)24-20(25-28)14-21(29)27-11-5-6-17-13-18(7-8-19(17)27)32(30,31)26-9-3-4-10-26/h7-8,12-13H,3-6,9-11,14H2,1-2H3. The molecule has 2 aromatic heterocycles. The number of carbonyl (C=O) groups excluding carboxylic acids is 1. The van der Waals surface area contributed by atoms with Gasteiger partial charge in [0.05, 0.1) is 11.3 Å². The van der Waals surface area contributed by atoms with Crippen LogP contribution in [-0.4, -0.2) is 57.8 Å². The topological polar surface area (TPSA) is 101 Å². The fraction of sp³-hybridized carbons (Fsp3) is 0.455. The number of hydrogen-bond donors (Lipinski definition) is 0. The van der Waals surface area contributed by atoms with Gasteiger partial charge in [0.25, 0.3) is 5.78 Å². The van der Waals surface area contributed by atoms with Crippen molar-refractivity contribution >= 4 is 27.4 Å². The molecule has 0 bridgehead atoms. The Morgan fingerprint density at radius 2 is 1.81 bits per heavy atom.